The molecule has 1 atom stereocenters. The summed E-state index contributed by atoms with van der Waals surface area (Å²) in [5.41, 5.74) is 2.80. The van der Waals surface area contributed by atoms with E-state index in [0.717, 1.165) is 36.9 Å². The number of nitrogens with zero attached hydrogens (tertiary/aromatic N) is 1. The summed E-state index contributed by atoms with van der Waals surface area (Å²) in [5, 5.41) is 0. The summed E-state index contributed by atoms with van der Waals surface area (Å²) in [6, 6.07) is 4.30. The van der Waals surface area contributed by atoms with Gasteiger partial charge in [0.25, 0.3) is 0 Å². The molecule has 0 bridgehead atoms. The molecular formula is C18H25NO2. The Morgan fingerprint density at radius 3 is 2.52 bits per heavy atom. The van der Waals surface area contributed by atoms with Crippen molar-refractivity contribution >= 4 is 0 Å². The van der Waals surface area contributed by atoms with Gasteiger partial charge in [-0.2, -0.15) is 0 Å². The average molecular weight is 287 g/mol. The Labute approximate surface area is 127 Å². The molecule has 0 unspecified atom stereocenters. The zero-order valence-electron chi connectivity index (χ0n) is 13.1. The van der Waals surface area contributed by atoms with Crippen molar-refractivity contribution < 1.29 is 9.47 Å². The van der Waals surface area contributed by atoms with Crippen LogP contribution in [0.25, 0.3) is 0 Å². The fraction of sp³-hybridized carbons (Fsp3) is 0.556. The summed E-state index contributed by atoms with van der Waals surface area (Å²) in [5.74, 6) is 2.53. The van der Waals surface area contributed by atoms with Crippen LogP contribution < -0.4 is 9.47 Å². The molecule has 0 saturated carbocycles. The number of benzene rings is 1. The van der Waals surface area contributed by atoms with Gasteiger partial charge in [-0.1, -0.05) is 12.2 Å². The third-order valence-corrected chi connectivity index (χ3v) is 4.69. The molecule has 3 heteroatoms. The predicted molar refractivity (Wildman–Crippen MR) is 85.0 cm³/mol. The summed E-state index contributed by atoms with van der Waals surface area (Å²) < 4.78 is 10.8. The molecule has 0 N–H and O–H groups in total. The Balaban J connectivity index is 1.71. The van der Waals surface area contributed by atoms with E-state index in [9.17, 15) is 0 Å². The van der Waals surface area contributed by atoms with Crippen LogP contribution in [0.15, 0.2) is 24.3 Å². The van der Waals surface area contributed by atoms with E-state index in [1.807, 2.05) is 0 Å². The topological polar surface area (TPSA) is 21.7 Å². The third kappa shape index (κ3) is 3.24. The molecule has 1 aliphatic heterocycles. The van der Waals surface area contributed by atoms with Crippen LogP contribution in [0.5, 0.6) is 11.5 Å². The first-order chi connectivity index (χ1) is 10.3. The van der Waals surface area contributed by atoms with Crippen LogP contribution in [-0.2, 0) is 13.0 Å². The van der Waals surface area contributed by atoms with E-state index >= 15 is 0 Å². The normalized spacial score (nSPS) is 21.9. The maximum Gasteiger partial charge on any atom is 0.161 e. The van der Waals surface area contributed by atoms with Crippen LogP contribution >= 0.6 is 0 Å². The second-order valence-electron chi connectivity index (χ2n) is 6.11. The van der Waals surface area contributed by atoms with Gasteiger partial charge in [-0.25, -0.2) is 0 Å². The molecule has 3 nitrogen and oxygen atoms in total. The zero-order chi connectivity index (χ0) is 14.7. The van der Waals surface area contributed by atoms with Crippen molar-refractivity contribution in [3.05, 3.63) is 35.4 Å². The number of rotatable bonds is 4. The van der Waals surface area contributed by atoms with E-state index in [1.54, 1.807) is 14.2 Å². The molecule has 1 aromatic rings. The van der Waals surface area contributed by atoms with E-state index < -0.39 is 0 Å². The van der Waals surface area contributed by atoms with Crippen molar-refractivity contribution in [1.29, 1.82) is 0 Å². The lowest BCUT2D eigenvalue weighted by atomic mass is 9.92. The van der Waals surface area contributed by atoms with Gasteiger partial charge in [-0.05, 0) is 54.9 Å². The van der Waals surface area contributed by atoms with E-state index in [-0.39, 0.29) is 0 Å². The monoisotopic (exact) mass is 287 g/mol. The van der Waals surface area contributed by atoms with Crippen molar-refractivity contribution in [2.45, 2.75) is 32.2 Å². The summed E-state index contributed by atoms with van der Waals surface area (Å²) in [6.07, 6.45) is 9.61. The van der Waals surface area contributed by atoms with Crippen molar-refractivity contribution in [3.8, 4) is 11.5 Å². The van der Waals surface area contributed by atoms with Crippen molar-refractivity contribution in [3.63, 3.8) is 0 Å². The quantitative estimate of drug-likeness (QED) is 0.792. The van der Waals surface area contributed by atoms with Crippen LogP contribution in [0.2, 0.25) is 0 Å². The van der Waals surface area contributed by atoms with Crippen LogP contribution in [0.3, 0.4) is 0 Å². The highest BCUT2D eigenvalue weighted by molar-refractivity contribution is 5.48. The first-order valence-corrected chi connectivity index (χ1v) is 7.91. The standard InChI is InChI=1S/C18H25NO2/c1-20-17-10-15-8-9-19(12-14-6-4-3-5-7-14)13-16(15)11-18(17)21-2/h3-4,10-11,14H,5-9,12-13H2,1-2H3/t14-/m1/s1. The minimum absolute atomic E-state index is 0.830. The fourth-order valence-corrected chi connectivity index (χ4v) is 3.48. The average Bonchev–Trinajstić information content (AvgIpc) is 2.54. The lowest BCUT2D eigenvalue weighted by molar-refractivity contribution is 0.206. The SMILES string of the molecule is COc1cc2c(cc1OC)CN(C[C@@H]1CC=CCC1)CC2. The highest BCUT2D eigenvalue weighted by atomic mass is 16.5. The van der Waals surface area contributed by atoms with Crippen molar-refractivity contribution in [2.75, 3.05) is 27.3 Å². The molecule has 2 aliphatic rings. The lowest BCUT2D eigenvalue weighted by Gasteiger charge is -2.32. The molecule has 21 heavy (non-hydrogen) atoms. The highest BCUT2D eigenvalue weighted by Crippen LogP contribution is 2.33. The fourth-order valence-electron chi connectivity index (χ4n) is 3.48. The molecule has 1 aliphatic carbocycles. The second-order valence-corrected chi connectivity index (χ2v) is 6.11. The van der Waals surface area contributed by atoms with Gasteiger partial charge in [0.2, 0.25) is 0 Å². The highest BCUT2D eigenvalue weighted by Gasteiger charge is 2.22. The molecule has 0 amide bonds. The smallest absolute Gasteiger partial charge is 0.161 e. The second kappa shape index (κ2) is 6.52. The van der Waals surface area contributed by atoms with Gasteiger partial charge in [0.1, 0.15) is 0 Å². The molecule has 1 heterocycles. The van der Waals surface area contributed by atoms with E-state index in [4.69, 9.17) is 9.47 Å². The summed E-state index contributed by atoms with van der Waals surface area (Å²) in [7, 11) is 3.41. The van der Waals surface area contributed by atoms with Crippen LogP contribution in [-0.4, -0.2) is 32.2 Å². The van der Waals surface area contributed by atoms with E-state index in [1.165, 1.54) is 36.9 Å². The predicted octanol–water partition coefficient (Wildman–Crippen LogP) is 3.42. The van der Waals surface area contributed by atoms with Crippen LogP contribution in [0.1, 0.15) is 30.4 Å². The van der Waals surface area contributed by atoms with Gasteiger partial charge in [0.05, 0.1) is 14.2 Å². The molecule has 0 radical (unpaired) electrons. The maximum absolute atomic E-state index is 5.43. The molecular weight excluding hydrogens is 262 g/mol. The summed E-state index contributed by atoms with van der Waals surface area (Å²) in [6.45, 7) is 3.41. The first kappa shape index (κ1) is 14.5. The minimum atomic E-state index is 0.830. The Kier molecular flexibility index (Phi) is 4.49. The Morgan fingerprint density at radius 2 is 1.86 bits per heavy atom. The molecule has 114 valence electrons. The van der Waals surface area contributed by atoms with Gasteiger partial charge in [0.15, 0.2) is 11.5 Å². The first-order valence-electron chi connectivity index (χ1n) is 7.91. The number of methoxy groups -OCH3 is 2. The van der Waals surface area contributed by atoms with Crippen LogP contribution in [0, 0.1) is 5.92 Å². The largest absolute Gasteiger partial charge is 0.493 e. The summed E-state index contributed by atoms with van der Waals surface area (Å²) in [4.78, 5) is 2.60. The third-order valence-electron chi connectivity index (χ3n) is 4.69. The van der Waals surface area contributed by atoms with E-state index in [2.05, 4.69) is 29.2 Å². The van der Waals surface area contributed by atoms with Gasteiger partial charge >= 0.3 is 0 Å². The Bertz CT molecular complexity index is 524. The van der Waals surface area contributed by atoms with Gasteiger partial charge in [0, 0.05) is 19.6 Å². The lowest BCUT2D eigenvalue weighted by Crippen LogP contribution is -2.34. The molecule has 0 spiro atoms. The molecule has 0 fully saturated rings. The molecule has 3 rings (SSSR count). The molecule has 0 aromatic heterocycles. The number of ether oxygens (including phenoxy) is 2. The number of hydrogen-bond donors (Lipinski definition) is 0. The minimum Gasteiger partial charge on any atom is -0.493 e. The van der Waals surface area contributed by atoms with E-state index in [0.29, 0.717) is 0 Å². The zero-order valence-corrected chi connectivity index (χ0v) is 13.1. The number of fused-ring (bicyclic) bond motifs is 1. The summed E-state index contributed by atoms with van der Waals surface area (Å²) >= 11 is 0. The Hall–Kier alpha value is -1.48. The maximum atomic E-state index is 5.43. The molecule has 0 saturated heterocycles. The number of allylic oxidation sites excluding steroid dienone is 2. The van der Waals surface area contributed by atoms with Crippen molar-refractivity contribution in [2.24, 2.45) is 5.92 Å². The van der Waals surface area contributed by atoms with Gasteiger partial charge in [-0.15, -0.1) is 0 Å². The number of hydrogen-bond acceptors (Lipinski definition) is 3. The van der Waals surface area contributed by atoms with Crippen molar-refractivity contribution in [1.82, 2.24) is 4.90 Å². The molecule has 1 aromatic carbocycles. The van der Waals surface area contributed by atoms with Gasteiger partial charge < -0.3 is 9.47 Å². The van der Waals surface area contributed by atoms with Crippen LogP contribution in [0.4, 0.5) is 0 Å². The Morgan fingerprint density at radius 1 is 1.10 bits per heavy atom. The van der Waals surface area contributed by atoms with Gasteiger partial charge in [-0.3, -0.25) is 4.90 Å².